The summed E-state index contributed by atoms with van der Waals surface area (Å²) in [5, 5.41) is 11.5. The number of methoxy groups -OCH3 is 2. The Balaban J connectivity index is 2.80. The summed E-state index contributed by atoms with van der Waals surface area (Å²) in [5.74, 6) is -0.139. The predicted molar refractivity (Wildman–Crippen MR) is 79.4 cm³/mol. The predicted octanol–water partition coefficient (Wildman–Crippen LogP) is 1.61. The fourth-order valence-electron chi connectivity index (χ4n) is 1.76. The molecule has 7 heteroatoms. The van der Waals surface area contributed by atoms with E-state index in [-0.39, 0.29) is 13.0 Å². The standard InChI is InChI=1S/C15H19NO6/c1-4-7-22-15(19)16-11(14(17)18)8-10-5-6-12(20-2)13(9-10)21-3/h4-6,9,11H,1,7-8H2,2-3H3,(H,16,19)(H,17,18). The first-order valence-electron chi connectivity index (χ1n) is 6.49. The van der Waals surface area contributed by atoms with Crippen LogP contribution in [0, 0.1) is 0 Å². The van der Waals surface area contributed by atoms with Crippen LogP contribution in [0.15, 0.2) is 30.9 Å². The number of ether oxygens (including phenoxy) is 3. The first-order chi connectivity index (χ1) is 10.5. The minimum absolute atomic E-state index is 0.00846. The van der Waals surface area contributed by atoms with Gasteiger partial charge in [0.1, 0.15) is 12.6 Å². The third-order valence-electron chi connectivity index (χ3n) is 2.81. The number of carbonyl (C=O) groups excluding carboxylic acids is 1. The largest absolute Gasteiger partial charge is 0.493 e. The van der Waals surface area contributed by atoms with Crippen LogP contribution in [0.5, 0.6) is 11.5 Å². The van der Waals surface area contributed by atoms with E-state index in [1.54, 1.807) is 18.2 Å². The highest BCUT2D eigenvalue weighted by molar-refractivity contribution is 5.80. The Bertz CT molecular complexity index is 543. The van der Waals surface area contributed by atoms with Crippen LogP contribution in [-0.2, 0) is 16.0 Å². The minimum Gasteiger partial charge on any atom is -0.493 e. The summed E-state index contributed by atoms with van der Waals surface area (Å²) in [6, 6.07) is 3.92. The van der Waals surface area contributed by atoms with Gasteiger partial charge in [-0.3, -0.25) is 0 Å². The quantitative estimate of drug-likeness (QED) is 0.709. The lowest BCUT2D eigenvalue weighted by Gasteiger charge is -2.15. The molecule has 1 aromatic rings. The Labute approximate surface area is 128 Å². The van der Waals surface area contributed by atoms with Gasteiger partial charge in [0.05, 0.1) is 14.2 Å². The molecular formula is C15H19NO6. The van der Waals surface area contributed by atoms with Crippen molar-refractivity contribution < 1.29 is 28.9 Å². The van der Waals surface area contributed by atoms with Crippen LogP contribution >= 0.6 is 0 Å². The van der Waals surface area contributed by atoms with E-state index >= 15 is 0 Å². The number of carbonyl (C=O) groups is 2. The molecule has 1 rings (SSSR count). The van der Waals surface area contributed by atoms with E-state index in [1.165, 1.54) is 20.3 Å². The summed E-state index contributed by atoms with van der Waals surface area (Å²) in [7, 11) is 3.00. The number of carboxylic acid groups (broad SMARTS) is 1. The van der Waals surface area contributed by atoms with Crippen molar-refractivity contribution in [3.8, 4) is 11.5 Å². The van der Waals surface area contributed by atoms with Crippen molar-refractivity contribution in [3.05, 3.63) is 36.4 Å². The Morgan fingerprint density at radius 1 is 1.32 bits per heavy atom. The van der Waals surface area contributed by atoms with Crippen LogP contribution in [-0.4, -0.2) is 44.0 Å². The van der Waals surface area contributed by atoms with Gasteiger partial charge in [-0.25, -0.2) is 9.59 Å². The van der Waals surface area contributed by atoms with Crippen LogP contribution < -0.4 is 14.8 Å². The zero-order valence-corrected chi connectivity index (χ0v) is 12.5. The van der Waals surface area contributed by atoms with Crippen molar-refractivity contribution in [2.24, 2.45) is 0 Å². The number of hydrogen-bond acceptors (Lipinski definition) is 5. The lowest BCUT2D eigenvalue weighted by Crippen LogP contribution is -2.42. The molecule has 1 amide bonds. The van der Waals surface area contributed by atoms with Crippen molar-refractivity contribution in [2.45, 2.75) is 12.5 Å². The van der Waals surface area contributed by atoms with Crippen LogP contribution in [0.25, 0.3) is 0 Å². The zero-order valence-electron chi connectivity index (χ0n) is 12.5. The van der Waals surface area contributed by atoms with Crippen LogP contribution in [0.4, 0.5) is 4.79 Å². The van der Waals surface area contributed by atoms with Crippen LogP contribution in [0.1, 0.15) is 5.56 Å². The molecule has 1 aromatic carbocycles. The topological polar surface area (TPSA) is 94.1 Å². The fourth-order valence-corrected chi connectivity index (χ4v) is 1.76. The maximum atomic E-state index is 11.4. The Kier molecular flexibility index (Phi) is 6.75. The lowest BCUT2D eigenvalue weighted by molar-refractivity contribution is -0.139. The molecule has 0 heterocycles. The van der Waals surface area contributed by atoms with Gasteiger partial charge in [-0.2, -0.15) is 0 Å². The van der Waals surface area contributed by atoms with Crippen molar-refractivity contribution >= 4 is 12.1 Å². The summed E-state index contributed by atoms with van der Waals surface area (Å²) in [6.07, 6.45) is 0.663. The van der Waals surface area contributed by atoms with Gasteiger partial charge in [-0.1, -0.05) is 18.7 Å². The van der Waals surface area contributed by atoms with E-state index in [0.717, 1.165) is 0 Å². The molecule has 2 N–H and O–H groups in total. The molecule has 0 aliphatic carbocycles. The molecule has 0 radical (unpaired) electrons. The smallest absolute Gasteiger partial charge is 0.408 e. The Hall–Kier alpha value is -2.70. The van der Waals surface area contributed by atoms with E-state index < -0.39 is 18.1 Å². The van der Waals surface area contributed by atoms with Gasteiger partial charge in [-0.05, 0) is 17.7 Å². The molecular weight excluding hydrogens is 290 g/mol. The number of benzene rings is 1. The zero-order chi connectivity index (χ0) is 16.5. The number of hydrogen-bond donors (Lipinski definition) is 2. The Morgan fingerprint density at radius 2 is 2.00 bits per heavy atom. The molecule has 1 atom stereocenters. The highest BCUT2D eigenvalue weighted by Gasteiger charge is 2.21. The summed E-state index contributed by atoms with van der Waals surface area (Å²) in [4.78, 5) is 22.7. The number of aliphatic carboxylic acids is 1. The first kappa shape index (κ1) is 17.4. The second kappa shape index (κ2) is 8.56. The van der Waals surface area contributed by atoms with Gasteiger partial charge in [0.25, 0.3) is 0 Å². The molecule has 0 spiro atoms. The highest BCUT2D eigenvalue weighted by atomic mass is 16.5. The number of amides is 1. The average Bonchev–Trinajstić information content (AvgIpc) is 2.51. The van der Waals surface area contributed by atoms with Gasteiger partial charge in [0, 0.05) is 6.42 Å². The monoisotopic (exact) mass is 309 g/mol. The second-order valence-electron chi connectivity index (χ2n) is 4.32. The minimum atomic E-state index is -1.16. The summed E-state index contributed by atoms with van der Waals surface area (Å²) in [5.41, 5.74) is 0.675. The fraction of sp³-hybridized carbons (Fsp3) is 0.333. The first-order valence-corrected chi connectivity index (χ1v) is 6.49. The van der Waals surface area contributed by atoms with Crippen molar-refractivity contribution in [2.75, 3.05) is 20.8 Å². The van der Waals surface area contributed by atoms with E-state index in [1.807, 2.05) is 0 Å². The molecule has 0 aliphatic rings. The summed E-state index contributed by atoms with van der Waals surface area (Å²) >= 11 is 0. The third kappa shape index (κ3) is 5.01. The number of alkyl carbamates (subject to hydrolysis) is 1. The van der Waals surface area contributed by atoms with Gasteiger partial charge >= 0.3 is 12.1 Å². The van der Waals surface area contributed by atoms with Crippen molar-refractivity contribution in [3.63, 3.8) is 0 Å². The van der Waals surface area contributed by atoms with Gasteiger partial charge in [0.15, 0.2) is 11.5 Å². The molecule has 7 nitrogen and oxygen atoms in total. The second-order valence-corrected chi connectivity index (χ2v) is 4.32. The highest BCUT2D eigenvalue weighted by Crippen LogP contribution is 2.27. The lowest BCUT2D eigenvalue weighted by atomic mass is 10.1. The van der Waals surface area contributed by atoms with Gasteiger partial charge < -0.3 is 24.6 Å². The molecule has 0 aromatic heterocycles. The summed E-state index contributed by atoms with van der Waals surface area (Å²) in [6.45, 7) is 3.41. The SMILES string of the molecule is C=CCOC(=O)NC(Cc1ccc(OC)c(OC)c1)C(=O)O. The normalized spacial score (nSPS) is 11.2. The maximum Gasteiger partial charge on any atom is 0.408 e. The molecule has 0 fully saturated rings. The molecule has 1 unspecified atom stereocenters. The van der Waals surface area contributed by atoms with E-state index in [4.69, 9.17) is 14.2 Å². The van der Waals surface area contributed by atoms with Crippen molar-refractivity contribution in [1.29, 1.82) is 0 Å². The van der Waals surface area contributed by atoms with E-state index in [9.17, 15) is 14.7 Å². The third-order valence-corrected chi connectivity index (χ3v) is 2.81. The maximum absolute atomic E-state index is 11.4. The molecule has 0 aliphatic heterocycles. The number of carboxylic acids is 1. The van der Waals surface area contributed by atoms with E-state index in [0.29, 0.717) is 17.1 Å². The van der Waals surface area contributed by atoms with Crippen LogP contribution in [0.3, 0.4) is 0 Å². The van der Waals surface area contributed by atoms with Gasteiger partial charge in [0.2, 0.25) is 0 Å². The summed E-state index contributed by atoms with van der Waals surface area (Å²) < 4.78 is 15.0. The molecule has 22 heavy (non-hydrogen) atoms. The van der Waals surface area contributed by atoms with E-state index in [2.05, 4.69) is 11.9 Å². The molecule has 120 valence electrons. The molecule has 0 saturated heterocycles. The van der Waals surface area contributed by atoms with Crippen molar-refractivity contribution in [1.82, 2.24) is 5.32 Å². The van der Waals surface area contributed by atoms with Crippen LogP contribution in [0.2, 0.25) is 0 Å². The number of rotatable bonds is 8. The van der Waals surface area contributed by atoms with Gasteiger partial charge in [-0.15, -0.1) is 0 Å². The Morgan fingerprint density at radius 3 is 2.55 bits per heavy atom. The average molecular weight is 309 g/mol. The number of nitrogens with one attached hydrogen (secondary N) is 1. The molecule has 0 saturated carbocycles. The molecule has 0 bridgehead atoms.